The largest absolute Gasteiger partial charge is 0.460 e. The number of ether oxygens (including phenoxy) is 1. The summed E-state index contributed by atoms with van der Waals surface area (Å²) in [5.41, 5.74) is 3.25. The monoisotopic (exact) mass is 278 g/mol. The lowest BCUT2D eigenvalue weighted by Crippen LogP contribution is -2.26. The molecule has 0 radical (unpaired) electrons. The summed E-state index contributed by atoms with van der Waals surface area (Å²) in [6, 6.07) is 5.76. The molecule has 0 aliphatic carbocycles. The minimum Gasteiger partial charge on any atom is -0.460 e. The van der Waals surface area contributed by atoms with Gasteiger partial charge in [-0.05, 0) is 19.1 Å². The normalized spacial score (nSPS) is 13.8. The van der Waals surface area contributed by atoms with Gasteiger partial charge < -0.3 is 9.64 Å². The molecule has 0 atom stereocenters. The first kappa shape index (κ1) is 13.8. The van der Waals surface area contributed by atoms with Crippen molar-refractivity contribution in [2.45, 2.75) is 6.92 Å². The van der Waals surface area contributed by atoms with Crippen molar-refractivity contribution in [1.29, 1.82) is 0 Å². The summed E-state index contributed by atoms with van der Waals surface area (Å²) in [5.74, 6) is -0.274. The molecule has 20 heavy (non-hydrogen) atoms. The Hall–Kier alpha value is -2.64. The summed E-state index contributed by atoms with van der Waals surface area (Å²) in [6.45, 7) is 3.53. The van der Waals surface area contributed by atoms with Gasteiger partial charge in [-0.2, -0.15) is 0 Å². The van der Waals surface area contributed by atoms with Gasteiger partial charge in [0.05, 0.1) is 17.2 Å². The Balaban J connectivity index is 2.05. The molecule has 1 aromatic rings. The molecule has 8 nitrogen and oxygen atoms in total. The SMILES string of the molecule is CCOC(=O)/C(=N/Nc1ccc([N+](=O)[O-])cc1)N1CC1. The van der Waals surface area contributed by atoms with Gasteiger partial charge in [-0.15, -0.1) is 5.10 Å². The third kappa shape index (κ3) is 3.44. The molecule has 1 aliphatic rings. The van der Waals surface area contributed by atoms with Crippen molar-refractivity contribution in [2.24, 2.45) is 5.10 Å². The average molecular weight is 278 g/mol. The quantitative estimate of drug-likeness (QED) is 0.222. The summed E-state index contributed by atoms with van der Waals surface area (Å²) in [4.78, 5) is 23.5. The third-order valence-electron chi connectivity index (χ3n) is 2.57. The third-order valence-corrected chi connectivity index (χ3v) is 2.57. The Kier molecular flexibility index (Phi) is 4.14. The highest BCUT2D eigenvalue weighted by molar-refractivity contribution is 6.35. The molecule has 0 spiro atoms. The lowest BCUT2D eigenvalue weighted by molar-refractivity contribution is -0.384. The second-order valence-electron chi connectivity index (χ2n) is 4.06. The zero-order valence-corrected chi connectivity index (χ0v) is 10.9. The fourth-order valence-electron chi connectivity index (χ4n) is 1.48. The van der Waals surface area contributed by atoms with Crippen molar-refractivity contribution >= 4 is 23.2 Å². The van der Waals surface area contributed by atoms with Crippen LogP contribution in [-0.2, 0) is 9.53 Å². The van der Waals surface area contributed by atoms with Crippen LogP contribution in [0.25, 0.3) is 0 Å². The molecule has 0 unspecified atom stereocenters. The summed E-state index contributed by atoms with van der Waals surface area (Å²) >= 11 is 0. The molecular formula is C12H14N4O4. The zero-order valence-electron chi connectivity index (χ0n) is 10.9. The van der Waals surface area contributed by atoms with Crippen LogP contribution in [-0.4, -0.2) is 41.3 Å². The molecule has 1 aromatic carbocycles. The molecule has 0 aromatic heterocycles. The highest BCUT2D eigenvalue weighted by Crippen LogP contribution is 2.16. The summed E-state index contributed by atoms with van der Waals surface area (Å²) in [5, 5.41) is 14.5. The second kappa shape index (κ2) is 6.00. The van der Waals surface area contributed by atoms with Crippen LogP contribution in [0.2, 0.25) is 0 Å². The fraction of sp³-hybridized carbons (Fsp3) is 0.333. The van der Waals surface area contributed by atoms with E-state index < -0.39 is 10.9 Å². The Morgan fingerprint density at radius 3 is 2.60 bits per heavy atom. The standard InChI is InChI=1S/C12H14N4O4/c1-2-20-12(17)11(15-7-8-15)14-13-9-3-5-10(6-4-9)16(18)19/h3-6,13H,2,7-8H2,1H3/b14-11-. The first-order valence-electron chi connectivity index (χ1n) is 6.12. The number of carbonyl (C=O) groups is 1. The van der Waals surface area contributed by atoms with Gasteiger partial charge in [0.15, 0.2) is 0 Å². The number of benzene rings is 1. The minimum atomic E-state index is -0.487. The predicted octanol–water partition coefficient (Wildman–Crippen LogP) is 1.20. The van der Waals surface area contributed by atoms with Crippen molar-refractivity contribution in [2.75, 3.05) is 25.1 Å². The number of nitro groups is 1. The Bertz CT molecular complexity index is 537. The summed E-state index contributed by atoms with van der Waals surface area (Å²) in [7, 11) is 0. The van der Waals surface area contributed by atoms with Crippen LogP contribution in [0.5, 0.6) is 0 Å². The molecule has 1 aliphatic heterocycles. The smallest absolute Gasteiger partial charge is 0.375 e. The van der Waals surface area contributed by atoms with E-state index >= 15 is 0 Å². The number of nitrogens with one attached hydrogen (secondary N) is 1. The van der Waals surface area contributed by atoms with Gasteiger partial charge in [0.2, 0.25) is 5.84 Å². The van der Waals surface area contributed by atoms with Crippen molar-refractivity contribution in [3.8, 4) is 0 Å². The second-order valence-corrected chi connectivity index (χ2v) is 4.06. The highest BCUT2D eigenvalue weighted by Gasteiger charge is 2.29. The van der Waals surface area contributed by atoms with E-state index in [1.807, 2.05) is 0 Å². The highest BCUT2D eigenvalue weighted by atomic mass is 16.6. The first-order chi connectivity index (χ1) is 9.61. The number of amidine groups is 1. The number of hydrazone groups is 1. The molecule has 1 fully saturated rings. The molecule has 0 amide bonds. The van der Waals surface area contributed by atoms with Crippen LogP contribution in [0.4, 0.5) is 11.4 Å². The first-order valence-corrected chi connectivity index (χ1v) is 6.12. The average Bonchev–Trinajstić information content (AvgIpc) is 3.24. The van der Waals surface area contributed by atoms with Crippen LogP contribution < -0.4 is 5.43 Å². The van der Waals surface area contributed by atoms with E-state index in [0.717, 1.165) is 13.1 Å². The van der Waals surface area contributed by atoms with Crippen LogP contribution in [0.3, 0.4) is 0 Å². The molecule has 1 N–H and O–H groups in total. The van der Waals surface area contributed by atoms with Gasteiger partial charge >= 0.3 is 5.97 Å². The van der Waals surface area contributed by atoms with Crippen molar-refractivity contribution in [1.82, 2.24) is 4.90 Å². The predicted molar refractivity (Wildman–Crippen MR) is 72.4 cm³/mol. The van der Waals surface area contributed by atoms with Crippen molar-refractivity contribution in [3.05, 3.63) is 34.4 Å². The van der Waals surface area contributed by atoms with Crippen LogP contribution in [0, 0.1) is 10.1 Å². The van der Waals surface area contributed by atoms with Gasteiger partial charge in [-0.1, -0.05) is 0 Å². The van der Waals surface area contributed by atoms with Crippen LogP contribution in [0.1, 0.15) is 6.92 Å². The number of anilines is 1. The van der Waals surface area contributed by atoms with E-state index in [1.165, 1.54) is 24.3 Å². The number of hydrogen-bond donors (Lipinski definition) is 1. The summed E-state index contributed by atoms with van der Waals surface area (Å²) < 4.78 is 4.90. The van der Waals surface area contributed by atoms with E-state index in [0.29, 0.717) is 5.69 Å². The zero-order chi connectivity index (χ0) is 14.5. The van der Waals surface area contributed by atoms with Gasteiger partial charge in [0.25, 0.3) is 5.69 Å². The minimum absolute atomic E-state index is 0.00362. The Morgan fingerprint density at radius 1 is 1.45 bits per heavy atom. The number of nitro benzene ring substituents is 1. The number of rotatable bonds is 4. The molecule has 2 rings (SSSR count). The molecule has 0 bridgehead atoms. The Morgan fingerprint density at radius 2 is 2.10 bits per heavy atom. The molecule has 1 heterocycles. The summed E-state index contributed by atoms with van der Waals surface area (Å²) in [6.07, 6.45) is 0. The molecule has 8 heteroatoms. The maximum absolute atomic E-state index is 11.7. The molecule has 0 saturated carbocycles. The Labute approximate surface area is 115 Å². The number of carbonyl (C=O) groups excluding carboxylic acids is 1. The van der Waals surface area contributed by atoms with E-state index in [2.05, 4.69) is 10.5 Å². The van der Waals surface area contributed by atoms with Gasteiger partial charge in [0.1, 0.15) is 0 Å². The maximum Gasteiger partial charge on any atom is 0.375 e. The number of hydrogen-bond acceptors (Lipinski definition) is 6. The lowest BCUT2D eigenvalue weighted by Gasteiger charge is -2.07. The number of esters is 1. The maximum atomic E-state index is 11.7. The van der Waals surface area contributed by atoms with E-state index in [-0.39, 0.29) is 18.1 Å². The molecule has 1 saturated heterocycles. The van der Waals surface area contributed by atoms with Gasteiger partial charge in [-0.3, -0.25) is 15.5 Å². The van der Waals surface area contributed by atoms with E-state index in [1.54, 1.807) is 11.8 Å². The molecular weight excluding hydrogens is 264 g/mol. The van der Waals surface area contributed by atoms with Crippen LogP contribution >= 0.6 is 0 Å². The fourth-order valence-corrected chi connectivity index (χ4v) is 1.48. The number of nitrogens with zero attached hydrogens (tertiary/aromatic N) is 3. The van der Waals surface area contributed by atoms with Crippen molar-refractivity contribution in [3.63, 3.8) is 0 Å². The lowest BCUT2D eigenvalue weighted by atomic mass is 10.3. The van der Waals surface area contributed by atoms with E-state index in [9.17, 15) is 14.9 Å². The van der Waals surface area contributed by atoms with Gasteiger partial charge in [0, 0.05) is 25.2 Å². The van der Waals surface area contributed by atoms with Gasteiger partial charge in [-0.25, -0.2) is 4.79 Å². The molecule has 106 valence electrons. The van der Waals surface area contributed by atoms with Crippen molar-refractivity contribution < 1.29 is 14.5 Å². The topological polar surface area (TPSA) is 96.8 Å². The van der Waals surface area contributed by atoms with Crippen LogP contribution in [0.15, 0.2) is 29.4 Å². The number of non-ortho nitro benzene ring substituents is 1. The van der Waals surface area contributed by atoms with E-state index in [4.69, 9.17) is 4.74 Å².